The summed E-state index contributed by atoms with van der Waals surface area (Å²) in [5.41, 5.74) is 6.84. The van der Waals surface area contributed by atoms with Crippen LogP contribution in [0.5, 0.6) is 0 Å². The van der Waals surface area contributed by atoms with Crippen molar-refractivity contribution in [2.24, 2.45) is 0 Å². The molecule has 0 saturated heterocycles. The van der Waals surface area contributed by atoms with Gasteiger partial charge in [-0.05, 0) is 57.1 Å². The topological polar surface area (TPSA) is 63.1 Å². The average molecular weight is 983 g/mol. The number of hydrogen-bond donors (Lipinski definition) is 1. The van der Waals surface area contributed by atoms with Crippen LogP contribution in [0, 0.1) is 12.1 Å². The number of halogens is 2. The number of nitrogens with zero attached hydrogens (tertiary/aromatic N) is 2. The maximum atomic E-state index is 10.0. The second-order valence-electron chi connectivity index (χ2n) is 12.4. The summed E-state index contributed by atoms with van der Waals surface area (Å²) >= 11 is 6.82. The third-order valence-electron chi connectivity index (χ3n) is 7.81. The van der Waals surface area contributed by atoms with E-state index in [0.717, 1.165) is 44.3 Å². The molecule has 0 atom stereocenters. The Morgan fingerprint density at radius 3 is 1.32 bits per heavy atom. The number of aliphatic hydroxyl groups excluding tert-OH is 1. The van der Waals surface area contributed by atoms with Crippen molar-refractivity contribution in [2.75, 3.05) is 0 Å². The molecule has 2 heterocycles. The number of aliphatic hydroxyl groups is 1. The quantitative estimate of drug-likeness (QED) is 0.0496. The van der Waals surface area contributed by atoms with E-state index in [2.05, 4.69) is 104 Å². The number of aryl methyl sites for hydroxylation is 2. The summed E-state index contributed by atoms with van der Waals surface area (Å²) < 4.78 is 2.01. The molecule has 1 radical (unpaired) electrons. The third kappa shape index (κ3) is 21.0. The molecular formula is C43H54Br2IrN2O2-2. The first kappa shape index (κ1) is 45.6. The van der Waals surface area contributed by atoms with E-state index in [1.807, 2.05) is 36.7 Å². The Kier molecular flexibility index (Phi) is 25.7. The van der Waals surface area contributed by atoms with E-state index in [-0.39, 0.29) is 31.6 Å². The molecule has 2 aromatic heterocycles. The second kappa shape index (κ2) is 28.2. The molecule has 0 amide bonds. The third-order valence-corrected chi connectivity index (χ3v) is 8.75. The van der Waals surface area contributed by atoms with Crippen LogP contribution < -0.4 is 0 Å². The van der Waals surface area contributed by atoms with Crippen LogP contribution in [0.15, 0.2) is 93.8 Å². The summed E-state index contributed by atoms with van der Waals surface area (Å²) in [7, 11) is 0. The Balaban J connectivity index is 0.000000414. The van der Waals surface area contributed by atoms with Crippen LogP contribution in [0.2, 0.25) is 0 Å². The smallest absolute Gasteiger partial charge is 0.155 e. The van der Waals surface area contributed by atoms with E-state index in [4.69, 9.17) is 5.11 Å². The Morgan fingerprint density at radius 1 is 0.640 bits per heavy atom. The van der Waals surface area contributed by atoms with Crippen molar-refractivity contribution in [1.82, 2.24) is 9.97 Å². The van der Waals surface area contributed by atoms with Crippen molar-refractivity contribution >= 4 is 37.6 Å². The fourth-order valence-electron chi connectivity index (χ4n) is 5.13. The molecule has 2 aromatic carbocycles. The number of rotatable bonds is 17. The molecule has 0 aliphatic heterocycles. The molecule has 0 unspecified atom stereocenters. The van der Waals surface area contributed by atoms with E-state index in [0.29, 0.717) is 0 Å². The van der Waals surface area contributed by atoms with Crippen LogP contribution in [0.1, 0.15) is 116 Å². The number of allylic oxidation sites excluding steroid dienone is 2. The standard InChI is InChI=1S/2C19H23BrN.C5H8O2.Ir/c2*1-2-3-4-5-6-7-8-16-9-11-17(12-10-16)19-14-13-18(20)15-21-19;1-4(6)3-5(2)7;/h2*9-11,13-15H,2-8H2,1H3;3,6H,1-2H3;/q2*-1;;/b;;4-3-;. The van der Waals surface area contributed by atoms with Gasteiger partial charge < -0.3 is 15.1 Å². The molecular weight excluding hydrogens is 929 g/mol. The average Bonchev–Trinajstić information content (AvgIpc) is 3.09. The number of aromatic nitrogens is 2. The summed E-state index contributed by atoms with van der Waals surface area (Å²) in [4.78, 5) is 18.8. The number of carbonyl (C=O) groups excluding carboxylic acids is 1. The van der Waals surface area contributed by atoms with Gasteiger partial charge in [0.25, 0.3) is 0 Å². The molecule has 0 bridgehead atoms. The number of benzene rings is 2. The van der Waals surface area contributed by atoms with Crippen LogP contribution >= 0.6 is 31.9 Å². The Bertz CT molecular complexity index is 1370. The van der Waals surface area contributed by atoms with Gasteiger partial charge in [-0.1, -0.05) is 128 Å². The van der Waals surface area contributed by atoms with Crippen molar-refractivity contribution in [3.05, 3.63) is 117 Å². The molecule has 273 valence electrons. The molecule has 0 saturated carbocycles. The summed E-state index contributed by atoms with van der Waals surface area (Å²) in [6.45, 7) is 7.37. The fraction of sp³-hybridized carbons (Fsp3) is 0.419. The number of ketones is 1. The van der Waals surface area contributed by atoms with Crippen LogP contribution in [-0.4, -0.2) is 20.9 Å². The number of hydrogen-bond acceptors (Lipinski definition) is 4. The van der Waals surface area contributed by atoms with Gasteiger partial charge in [-0.15, -0.1) is 70.8 Å². The predicted octanol–water partition coefficient (Wildman–Crippen LogP) is 13.5. The molecule has 0 fully saturated rings. The van der Waals surface area contributed by atoms with Crippen molar-refractivity contribution in [1.29, 1.82) is 0 Å². The monoisotopic (exact) mass is 981 g/mol. The van der Waals surface area contributed by atoms with Crippen molar-refractivity contribution in [3.8, 4) is 22.5 Å². The first-order chi connectivity index (χ1) is 23.7. The maximum Gasteiger partial charge on any atom is 0.155 e. The van der Waals surface area contributed by atoms with Gasteiger partial charge in [-0.2, -0.15) is 0 Å². The molecule has 4 nitrogen and oxygen atoms in total. The second-order valence-corrected chi connectivity index (χ2v) is 14.2. The summed E-state index contributed by atoms with van der Waals surface area (Å²) in [6.07, 6.45) is 23.3. The van der Waals surface area contributed by atoms with E-state index in [1.165, 1.54) is 108 Å². The normalized spacial score (nSPS) is 10.6. The van der Waals surface area contributed by atoms with Crippen LogP contribution in [0.25, 0.3) is 22.5 Å². The minimum Gasteiger partial charge on any atom is -0.512 e. The van der Waals surface area contributed by atoms with E-state index < -0.39 is 0 Å². The minimum absolute atomic E-state index is 0. The molecule has 4 aromatic rings. The van der Waals surface area contributed by atoms with Crippen molar-refractivity contribution in [3.63, 3.8) is 0 Å². The van der Waals surface area contributed by atoms with E-state index in [1.54, 1.807) is 0 Å². The van der Waals surface area contributed by atoms with Crippen molar-refractivity contribution < 1.29 is 30.0 Å². The summed E-state index contributed by atoms with van der Waals surface area (Å²) in [5, 5.41) is 8.36. The summed E-state index contributed by atoms with van der Waals surface area (Å²) in [5.74, 6) is -0.0625. The zero-order valence-corrected chi connectivity index (χ0v) is 35.8. The van der Waals surface area contributed by atoms with Gasteiger partial charge in [-0.25, -0.2) is 0 Å². The molecule has 0 spiro atoms. The SMILES string of the molecule is CC(=O)/C=C(/C)O.CCCCCCCCc1c[c-]c(-c2ccc(Br)cn2)cc1.CCCCCCCCc1c[c-]c(-c2ccc(Br)cn2)cc1.[Ir]. The Morgan fingerprint density at radius 2 is 1.04 bits per heavy atom. The zero-order valence-electron chi connectivity index (χ0n) is 30.2. The fourth-order valence-corrected chi connectivity index (χ4v) is 5.60. The van der Waals surface area contributed by atoms with Gasteiger partial charge in [0.2, 0.25) is 0 Å². The summed E-state index contributed by atoms with van der Waals surface area (Å²) in [6, 6.07) is 27.7. The van der Waals surface area contributed by atoms with E-state index in [9.17, 15) is 4.79 Å². The van der Waals surface area contributed by atoms with Gasteiger partial charge in [0, 0.05) is 47.5 Å². The van der Waals surface area contributed by atoms with Gasteiger partial charge in [0.15, 0.2) is 5.78 Å². The van der Waals surface area contributed by atoms with Gasteiger partial charge in [0.05, 0.1) is 5.76 Å². The molecule has 7 heteroatoms. The number of pyridine rings is 2. The molecule has 0 aliphatic rings. The first-order valence-corrected chi connectivity index (χ1v) is 19.4. The minimum atomic E-state index is -0.125. The number of unbranched alkanes of at least 4 members (excludes halogenated alkanes) is 10. The molecule has 50 heavy (non-hydrogen) atoms. The molecule has 0 aliphatic carbocycles. The molecule has 4 rings (SSSR count). The molecule has 1 N–H and O–H groups in total. The van der Waals surface area contributed by atoms with Gasteiger partial charge in [0.1, 0.15) is 0 Å². The Hall–Kier alpha value is -2.44. The first-order valence-electron chi connectivity index (χ1n) is 17.8. The Labute approximate surface area is 332 Å². The van der Waals surface area contributed by atoms with Crippen molar-refractivity contribution in [2.45, 2.75) is 118 Å². The van der Waals surface area contributed by atoms with Crippen LogP contribution in [-0.2, 0) is 37.7 Å². The van der Waals surface area contributed by atoms with Crippen LogP contribution in [0.3, 0.4) is 0 Å². The number of carbonyl (C=O) groups is 1. The predicted molar refractivity (Wildman–Crippen MR) is 214 cm³/mol. The van der Waals surface area contributed by atoms with Gasteiger partial charge >= 0.3 is 0 Å². The zero-order chi connectivity index (χ0) is 35.7. The maximum absolute atomic E-state index is 10.0. The van der Waals surface area contributed by atoms with E-state index >= 15 is 0 Å². The largest absolute Gasteiger partial charge is 0.512 e. The van der Waals surface area contributed by atoms with Gasteiger partial charge in [-0.3, -0.25) is 4.79 Å². The van der Waals surface area contributed by atoms with Crippen LogP contribution in [0.4, 0.5) is 0 Å².